The number of likely N-dealkylation sites (tertiary alicyclic amines) is 1. The van der Waals surface area contributed by atoms with Crippen molar-refractivity contribution in [2.75, 3.05) is 20.1 Å². The normalized spacial score (nSPS) is 48.6. The van der Waals surface area contributed by atoms with E-state index in [0.29, 0.717) is 57.8 Å². The van der Waals surface area contributed by atoms with Crippen molar-refractivity contribution in [2.45, 2.75) is 151 Å². The van der Waals surface area contributed by atoms with Crippen LogP contribution in [0.5, 0.6) is 0 Å². The second kappa shape index (κ2) is 14.3. The number of rotatable bonds is 3. The third-order valence-corrected chi connectivity index (χ3v) is 16.1. The van der Waals surface area contributed by atoms with Crippen LogP contribution in [-0.2, 0) is 9.59 Å². The number of hydrogen-bond acceptors (Lipinski definition) is 4. The lowest BCUT2D eigenvalue weighted by molar-refractivity contribution is -0.230. The van der Waals surface area contributed by atoms with Gasteiger partial charge in [-0.25, -0.2) is 0 Å². The lowest BCUT2D eigenvalue weighted by Gasteiger charge is -2.71. The molecule has 12 unspecified atom stereocenters. The van der Waals surface area contributed by atoms with Crippen LogP contribution in [0.15, 0.2) is 12.7 Å². The molecule has 2 N–H and O–H groups in total. The summed E-state index contributed by atoms with van der Waals surface area (Å²) in [6.07, 6.45) is 20.2. The number of aliphatic hydroxyl groups is 1. The number of nitrogens with one attached hydrogen (secondary N) is 1. The summed E-state index contributed by atoms with van der Waals surface area (Å²) in [6.45, 7) is 19.6. The summed E-state index contributed by atoms with van der Waals surface area (Å²) in [5.74, 6) is 4.57. The standard InChI is InChI=1S/C26H42O2.C11H20N2O.C3H6.CH4/c1-17-18-9-13-25(4)22(23(18,2)12-10-21(17)28)8-7-19-20-6-5-11-26(20,16-27)15-14-24(19,25)3;1-8-9(7-10(8)12-2)11(14)13-5-3-4-6-13;1-3-2;/h16-22,28H,5-15H2,1-4H3;8-10,12H,3-7H2,1-2H3;3H,1H2,2H3;1H4/t17?,18?,19?,20?,21?,22?,23?,24-,25?,26?;;;/m1.../s1. The van der Waals surface area contributed by atoms with E-state index < -0.39 is 0 Å². The minimum atomic E-state index is -0.0873. The van der Waals surface area contributed by atoms with Gasteiger partial charge in [-0.2, -0.15) is 0 Å². The molecular formula is C41H72N2O3. The fourth-order valence-corrected chi connectivity index (χ4v) is 13.1. The molecule has 0 spiro atoms. The number of fused-ring (bicyclic) bond motifs is 7. The zero-order valence-corrected chi connectivity index (χ0v) is 30.1. The summed E-state index contributed by atoms with van der Waals surface area (Å²) in [5, 5.41) is 13.8. The van der Waals surface area contributed by atoms with Gasteiger partial charge in [0.25, 0.3) is 0 Å². The van der Waals surface area contributed by atoms with Crippen LogP contribution in [0.4, 0.5) is 0 Å². The summed E-state index contributed by atoms with van der Waals surface area (Å²) < 4.78 is 0. The number of carbonyl (C=O) groups is 2. The van der Waals surface area contributed by atoms with E-state index in [4.69, 9.17) is 0 Å². The molecule has 1 saturated heterocycles. The number of aliphatic hydroxyl groups excluding tert-OH is 1. The van der Waals surface area contributed by atoms with Crippen molar-refractivity contribution >= 4 is 12.2 Å². The lowest BCUT2D eigenvalue weighted by atomic mass is 9.33. The Balaban J connectivity index is 0.000000225. The Morgan fingerprint density at radius 1 is 0.848 bits per heavy atom. The Hall–Kier alpha value is -1.20. The Labute approximate surface area is 283 Å². The highest BCUT2D eigenvalue weighted by atomic mass is 16.3. The van der Waals surface area contributed by atoms with Crippen LogP contribution in [0.3, 0.4) is 0 Å². The topological polar surface area (TPSA) is 69.6 Å². The Morgan fingerprint density at radius 3 is 2.13 bits per heavy atom. The van der Waals surface area contributed by atoms with E-state index in [1.807, 2.05) is 18.9 Å². The van der Waals surface area contributed by atoms with E-state index in [0.717, 1.165) is 50.6 Å². The van der Waals surface area contributed by atoms with Gasteiger partial charge in [-0.1, -0.05) is 54.5 Å². The monoisotopic (exact) mass is 641 g/mol. The second-order valence-corrected chi connectivity index (χ2v) is 17.6. The van der Waals surface area contributed by atoms with Gasteiger partial charge >= 0.3 is 0 Å². The van der Waals surface area contributed by atoms with Crippen LogP contribution in [0.1, 0.15) is 139 Å². The lowest BCUT2D eigenvalue weighted by Crippen LogP contribution is -2.65. The quantitative estimate of drug-likeness (QED) is 0.239. The van der Waals surface area contributed by atoms with Gasteiger partial charge in [0.2, 0.25) is 5.91 Å². The average molecular weight is 641 g/mol. The molecule has 5 nitrogen and oxygen atoms in total. The first kappa shape index (κ1) is 37.6. The summed E-state index contributed by atoms with van der Waals surface area (Å²) in [7, 11) is 1.98. The molecule has 7 fully saturated rings. The molecule has 6 saturated carbocycles. The first-order chi connectivity index (χ1) is 21.4. The minimum absolute atomic E-state index is 0. The molecule has 0 bridgehead atoms. The fraction of sp³-hybridized carbons (Fsp3) is 0.902. The van der Waals surface area contributed by atoms with E-state index in [9.17, 15) is 14.7 Å². The predicted molar refractivity (Wildman–Crippen MR) is 191 cm³/mol. The van der Waals surface area contributed by atoms with E-state index in [2.05, 4.69) is 46.5 Å². The molecule has 264 valence electrons. The molecule has 0 aromatic heterocycles. The Bertz CT molecular complexity index is 1070. The van der Waals surface area contributed by atoms with Gasteiger partial charge in [-0.3, -0.25) is 4.79 Å². The van der Waals surface area contributed by atoms with E-state index >= 15 is 0 Å². The fourth-order valence-electron chi connectivity index (χ4n) is 13.1. The molecule has 7 aliphatic rings. The summed E-state index contributed by atoms with van der Waals surface area (Å²) >= 11 is 0. The van der Waals surface area contributed by atoms with E-state index in [-0.39, 0.29) is 18.9 Å². The first-order valence-electron chi connectivity index (χ1n) is 19.0. The van der Waals surface area contributed by atoms with Crippen molar-refractivity contribution in [3.8, 4) is 0 Å². The summed E-state index contributed by atoms with van der Waals surface area (Å²) in [5.41, 5.74) is 1.22. The van der Waals surface area contributed by atoms with Gasteiger partial charge in [0.05, 0.1) is 6.10 Å². The number of amides is 1. The molecule has 13 atom stereocenters. The number of allylic oxidation sites excluding steroid dienone is 1. The van der Waals surface area contributed by atoms with Crippen molar-refractivity contribution in [2.24, 2.45) is 63.1 Å². The zero-order chi connectivity index (χ0) is 32.8. The third-order valence-electron chi connectivity index (χ3n) is 16.1. The van der Waals surface area contributed by atoms with Gasteiger partial charge in [0.15, 0.2) is 0 Å². The number of hydrogen-bond donors (Lipinski definition) is 2. The van der Waals surface area contributed by atoms with Crippen molar-refractivity contribution < 1.29 is 14.7 Å². The van der Waals surface area contributed by atoms with Crippen molar-refractivity contribution in [3.63, 3.8) is 0 Å². The van der Waals surface area contributed by atoms with Gasteiger partial charge in [0.1, 0.15) is 6.29 Å². The Morgan fingerprint density at radius 2 is 1.52 bits per heavy atom. The molecule has 0 aromatic rings. The average Bonchev–Trinajstić information content (AvgIpc) is 3.71. The number of carbonyl (C=O) groups excluding carboxylic acids is 2. The maximum absolute atomic E-state index is 12.2. The summed E-state index contributed by atoms with van der Waals surface area (Å²) in [6, 6.07) is 0.562. The van der Waals surface area contributed by atoms with Gasteiger partial charge in [-0.15, -0.1) is 6.58 Å². The number of aldehydes is 1. The summed E-state index contributed by atoms with van der Waals surface area (Å²) in [4.78, 5) is 26.2. The van der Waals surface area contributed by atoms with Crippen LogP contribution < -0.4 is 5.32 Å². The Kier molecular flexibility index (Phi) is 11.7. The highest BCUT2D eigenvalue weighted by molar-refractivity contribution is 5.80. The molecule has 0 radical (unpaired) electrons. The van der Waals surface area contributed by atoms with Gasteiger partial charge < -0.3 is 20.1 Å². The maximum atomic E-state index is 12.2. The molecular weight excluding hydrogens is 568 g/mol. The van der Waals surface area contributed by atoms with Crippen LogP contribution >= 0.6 is 0 Å². The molecule has 6 aliphatic carbocycles. The minimum Gasteiger partial charge on any atom is -0.393 e. The molecule has 1 heterocycles. The zero-order valence-electron chi connectivity index (χ0n) is 30.1. The van der Waals surface area contributed by atoms with E-state index in [1.165, 1.54) is 70.5 Å². The van der Waals surface area contributed by atoms with Crippen molar-refractivity contribution in [1.82, 2.24) is 10.2 Å². The number of nitrogens with zero attached hydrogens (tertiary/aromatic N) is 1. The second-order valence-electron chi connectivity index (χ2n) is 17.6. The van der Waals surface area contributed by atoms with Gasteiger partial charge in [-0.05, 0) is 149 Å². The molecule has 5 heteroatoms. The predicted octanol–water partition coefficient (Wildman–Crippen LogP) is 8.69. The molecule has 0 aromatic carbocycles. The maximum Gasteiger partial charge on any atom is 0.226 e. The van der Waals surface area contributed by atoms with Crippen molar-refractivity contribution in [3.05, 3.63) is 12.7 Å². The van der Waals surface area contributed by atoms with E-state index in [1.54, 1.807) is 6.08 Å². The molecule has 1 amide bonds. The van der Waals surface area contributed by atoms with Crippen LogP contribution in [-0.4, -0.2) is 54.5 Å². The van der Waals surface area contributed by atoms with Crippen LogP contribution in [0.25, 0.3) is 0 Å². The van der Waals surface area contributed by atoms with Crippen molar-refractivity contribution in [1.29, 1.82) is 0 Å². The first-order valence-corrected chi connectivity index (χ1v) is 19.0. The molecule has 46 heavy (non-hydrogen) atoms. The van der Waals surface area contributed by atoms with Crippen LogP contribution in [0, 0.1) is 63.1 Å². The third kappa shape index (κ3) is 5.88. The SMILES string of the molecule is C.C=CC.CC1C(O)CCC2(C)C1CCC1(C)C2CCC2C3CCCC3(C=O)CC[C@]21C.CNC1CC(C(=O)N2CCCC2)C1C. The van der Waals surface area contributed by atoms with Crippen LogP contribution in [0.2, 0.25) is 0 Å². The highest BCUT2D eigenvalue weighted by Gasteiger charge is 2.68. The molecule has 1 aliphatic heterocycles. The largest absolute Gasteiger partial charge is 0.393 e. The highest BCUT2D eigenvalue weighted by Crippen LogP contribution is 2.75. The smallest absolute Gasteiger partial charge is 0.226 e. The van der Waals surface area contributed by atoms with Gasteiger partial charge in [0, 0.05) is 30.5 Å². The molecule has 7 rings (SSSR count).